The molecule has 0 unspecified atom stereocenters. The Morgan fingerprint density at radius 2 is 1.48 bits per heavy atom. The molecule has 0 heterocycles. The summed E-state index contributed by atoms with van der Waals surface area (Å²) in [6, 6.07) is 17.3. The first-order valence-corrected chi connectivity index (χ1v) is 10.1. The summed E-state index contributed by atoms with van der Waals surface area (Å²) in [5, 5.41) is 9.64. The number of rotatable bonds is 3. The summed E-state index contributed by atoms with van der Waals surface area (Å²) in [6.07, 6.45) is 1.78. The number of aromatic hydroxyl groups is 1. The van der Waals surface area contributed by atoms with Crippen LogP contribution in [0.5, 0.6) is 5.75 Å². The van der Waals surface area contributed by atoms with Crippen LogP contribution in [-0.4, -0.2) is 10.9 Å². The van der Waals surface area contributed by atoms with Gasteiger partial charge in [0, 0.05) is 11.1 Å². The fourth-order valence-electron chi connectivity index (χ4n) is 4.29. The lowest BCUT2D eigenvalue weighted by Crippen LogP contribution is -2.13. The lowest BCUT2D eigenvalue weighted by Gasteiger charge is -2.25. The fourth-order valence-corrected chi connectivity index (χ4v) is 4.29. The first-order chi connectivity index (χ1) is 13.9. The van der Waals surface area contributed by atoms with E-state index in [9.17, 15) is 9.90 Å². The van der Waals surface area contributed by atoms with Crippen LogP contribution in [0.25, 0.3) is 11.1 Å². The van der Waals surface area contributed by atoms with Gasteiger partial charge < -0.3 is 5.11 Å². The molecule has 0 atom stereocenters. The Labute approximate surface area is 172 Å². The van der Waals surface area contributed by atoms with Crippen LogP contribution in [-0.2, 0) is 6.42 Å². The van der Waals surface area contributed by atoms with Gasteiger partial charge in [-0.15, -0.1) is 0 Å². The molecule has 0 spiro atoms. The highest BCUT2D eigenvalue weighted by Gasteiger charge is 2.27. The number of fused-ring (bicyclic) bond motifs is 1. The zero-order chi connectivity index (χ0) is 20.7. The standard InChI is InChI=1S/C27H26O2/c1-16-5-12-24-21(15-16)9-14-25(23-13-6-17(2)18(3)19(23)4)26(24)27(29)20-7-10-22(28)11-8-20/h5-8,10-13,15,28H,9,14H2,1-4H3. The molecule has 0 saturated carbocycles. The van der Waals surface area contributed by atoms with Gasteiger partial charge in [0.25, 0.3) is 0 Å². The largest absolute Gasteiger partial charge is 0.508 e. The third-order valence-corrected chi connectivity index (χ3v) is 6.22. The molecule has 1 aliphatic carbocycles. The Morgan fingerprint density at radius 3 is 2.21 bits per heavy atom. The van der Waals surface area contributed by atoms with Gasteiger partial charge >= 0.3 is 0 Å². The van der Waals surface area contributed by atoms with Crippen LogP contribution in [0.15, 0.2) is 54.6 Å². The number of phenols is 1. The molecule has 0 saturated heterocycles. The number of hydrogen-bond acceptors (Lipinski definition) is 2. The minimum Gasteiger partial charge on any atom is -0.508 e. The normalized spacial score (nSPS) is 13.4. The number of hydrogen-bond donors (Lipinski definition) is 1. The van der Waals surface area contributed by atoms with Crippen molar-refractivity contribution in [3.05, 3.63) is 99.1 Å². The monoisotopic (exact) mass is 382 g/mol. The molecule has 0 radical (unpaired) electrons. The van der Waals surface area contributed by atoms with E-state index in [0.717, 1.165) is 29.6 Å². The molecular formula is C27H26O2. The second-order valence-corrected chi connectivity index (χ2v) is 8.07. The molecule has 3 aromatic carbocycles. The van der Waals surface area contributed by atoms with E-state index in [0.29, 0.717) is 5.56 Å². The summed E-state index contributed by atoms with van der Waals surface area (Å²) in [5.74, 6) is 0.183. The molecule has 3 aromatic rings. The lowest BCUT2D eigenvalue weighted by atomic mass is 9.77. The minimum atomic E-state index is 0.0161. The van der Waals surface area contributed by atoms with E-state index in [-0.39, 0.29) is 11.5 Å². The van der Waals surface area contributed by atoms with Crippen LogP contribution in [0.4, 0.5) is 0 Å². The second kappa shape index (κ2) is 7.36. The number of Topliss-reactive ketones (excluding diaryl/α,β-unsaturated/α-hetero) is 1. The fraction of sp³-hybridized carbons (Fsp3) is 0.222. The maximum absolute atomic E-state index is 13.7. The van der Waals surface area contributed by atoms with Crippen molar-refractivity contribution in [3.8, 4) is 5.75 Å². The van der Waals surface area contributed by atoms with Gasteiger partial charge in [0.15, 0.2) is 5.78 Å². The van der Waals surface area contributed by atoms with E-state index >= 15 is 0 Å². The van der Waals surface area contributed by atoms with Gasteiger partial charge in [0.05, 0.1) is 0 Å². The number of carbonyl (C=O) groups excluding carboxylic acids is 1. The van der Waals surface area contributed by atoms with Crippen LogP contribution >= 0.6 is 0 Å². The summed E-state index contributed by atoms with van der Waals surface area (Å²) < 4.78 is 0. The maximum atomic E-state index is 13.7. The number of benzene rings is 3. The Hall–Kier alpha value is -3.13. The Morgan fingerprint density at radius 1 is 0.793 bits per heavy atom. The van der Waals surface area contributed by atoms with Gasteiger partial charge in [-0.1, -0.05) is 35.9 Å². The van der Waals surface area contributed by atoms with Crippen molar-refractivity contribution in [2.45, 2.75) is 40.5 Å². The molecule has 0 aliphatic heterocycles. The number of ketones is 1. The van der Waals surface area contributed by atoms with E-state index in [1.54, 1.807) is 24.3 Å². The molecule has 2 heteroatoms. The predicted octanol–water partition coefficient (Wildman–Crippen LogP) is 6.37. The summed E-state index contributed by atoms with van der Waals surface area (Å²) in [4.78, 5) is 13.7. The maximum Gasteiger partial charge on any atom is 0.193 e. The minimum absolute atomic E-state index is 0.0161. The molecule has 0 bridgehead atoms. The average Bonchev–Trinajstić information content (AvgIpc) is 2.71. The molecule has 1 aliphatic rings. The number of carbonyl (C=O) groups is 1. The average molecular weight is 383 g/mol. The van der Waals surface area contributed by atoms with Crippen molar-refractivity contribution >= 4 is 16.9 Å². The molecule has 29 heavy (non-hydrogen) atoms. The van der Waals surface area contributed by atoms with Crippen molar-refractivity contribution in [1.82, 2.24) is 0 Å². The molecule has 146 valence electrons. The highest BCUT2D eigenvalue weighted by atomic mass is 16.3. The molecule has 0 aromatic heterocycles. The van der Waals surface area contributed by atoms with Crippen molar-refractivity contribution in [2.24, 2.45) is 0 Å². The smallest absolute Gasteiger partial charge is 0.193 e. The van der Waals surface area contributed by atoms with E-state index in [1.807, 2.05) is 0 Å². The van der Waals surface area contributed by atoms with Gasteiger partial charge in [0.2, 0.25) is 0 Å². The van der Waals surface area contributed by atoms with Gasteiger partial charge in [0.1, 0.15) is 5.75 Å². The van der Waals surface area contributed by atoms with Gasteiger partial charge in [-0.3, -0.25) is 4.79 Å². The van der Waals surface area contributed by atoms with E-state index < -0.39 is 0 Å². The van der Waals surface area contributed by atoms with Gasteiger partial charge in [-0.05, 0) is 104 Å². The molecule has 2 nitrogen and oxygen atoms in total. The Bertz CT molecular complexity index is 1150. The Kier molecular flexibility index (Phi) is 4.87. The summed E-state index contributed by atoms with van der Waals surface area (Å²) in [7, 11) is 0. The highest BCUT2D eigenvalue weighted by molar-refractivity contribution is 6.35. The van der Waals surface area contributed by atoms with Crippen molar-refractivity contribution in [1.29, 1.82) is 0 Å². The number of phenolic OH excluding ortho intramolecular Hbond substituents is 1. The topological polar surface area (TPSA) is 37.3 Å². The van der Waals surface area contributed by atoms with Crippen molar-refractivity contribution in [2.75, 3.05) is 0 Å². The van der Waals surface area contributed by atoms with E-state index in [4.69, 9.17) is 0 Å². The quantitative estimate of drug-likeness (QED) is 0.535. The third-order valence-electron chi connectivity index (χ3n) is 6.22. The highest BCUT2D eigenvalue weighted by Crippen LogP contribution is 2.40. The third kappa shape index (κ3) is 3.40. The number of aryl methyl sites for hydroxylation is 3. The predicted molar refractivity (Wildman–Crippen MR) is 119 cm³/mol. The van der Waals surface area contributed by atoms with Crippen LogP contribution in [0.1, 0.15) is 55.7 Å². The zero-order valence-electron chi connectivity index (χ0n) is 17.5. The zero-order valence-corrected chi connectivity index (χ0v) is 17.5. The first-order valence-electron chi connectivity index (χ1n) is 10.1. The van der Waals surface area contributed by atoms with Gasteiger partial charge in [-0.2, -0.15) is 0 Å². The van der Waals surface area contributed by atoms with Crippen LogP contribution in [0.3, 0.4) is 0 Å². The number of allylic oxidation sites excluding steroid dienone is 2. The molecular weight excluding hydrogens is 356 g/mol. The summed E-state index contributed by atoms with van der Waals surface area (Å²) in [6.45, 7) is 8.52. The van der Waals surface area contributed by atoms with Crippen molar-refractivity contribution < 1.29 is 9.90 Å². The van der Waals surface area contributed by atoms with Crippen LogP contribution in [0.2, 0.25) is 0 Å². The first kappa shape index (κ1) is 19.2. The second-order valence-electron chi connectivity index (χ2n) is 8.07. The molecule has 1 N–H and O–H groups in total. The Balaban J connectivity index is 1.98. The van der Waals surface area contributed by atoms with E-state index in [1.165, 1.54) is 33.4 Å². The summed E-state index contributed by atoms with van der Waals surface area (Å²) >= 11 is 0. The van der Waals surface area contributed by atoms with Crippen LogP contribution in [0, 0.1) is 27.7 Å². The molecule has 0 fully saturated rings. The lowest BCUT2D eigenvalue weighted by molar-refractivity contribution is 0.105. The summed E-state index contributed by atoms with van der Waals surface area (Å²) in [5.41, 5.74) is 11.0. The van der Waals surface area contributed by atoms with Crippen molar-refractivity contribution in [3.63, 3.8) is 0 Å². The van der Waals surface area contributed by atoms with Gasteiger partial charge in [-0.25, -0.2) is 0 Å². The van der Waals surface area contributed by atoms with E-state index in [2.05, 4.69) is 58.0 Å². The van der Waals surface area contributed by atoms with Crippen LogP contribution < -0.4 is 0 Å². The molecule has 4 rings (SSSR count). The molecule has 0 amide bonds. The SMILES string of the molecule is Cc1ccc2c(c1)CCC(c1ccc(C)c(C)c1C)=C2C(=O)c1ccc(O)cc1.